The molecule has 0 saturated heterocycles. The first-order chi connectivity index (χ1) is 11.7. The lowest BCUT2D eigenvalue weighted by Gasteiger charge is -2.22. The Morgan fingerprint density at radius 3 is 2.79 bits per heavy atom. The van der Waals surface area contributed by atoms with Crippen LogP contribution in [-0.4, -0.2) is 45.8 Å². The van der Waals surface area contributed by atoms with Crippen molar-refractivity contribution in [2.45, 2.75) is 58.0 Å². The van der Waals surface area contributed by atoms with E-state index in [1.807, 2.05) is 14.0 Å². The van der Waals surface area contributed by atoms with Gasteiger partial charge in [0.05, 0.1) is 0 Å². The van der Waals surface area contributed by atoms with Gasteiger partial charge in [-0.05, 0) is 19.8 Å². The monoisotopic (exact) mass is 335 g/mol. The molecule has 0 radical (unpaired) electrons. The van der Waals surface area contributed by atoms with Gasteiger partial charge in [0.15, 0.2) is 5.96 Å². The average Bonchev–Trinajstić information content (AvgIpc) is 2.98. The zero-order valence-electron chi connectivity index (χ0n) is 14.7. The van der Waals surface area contributed by atoms with E-state index in [9.17, 15) is 4.79 Å². The molecule has 0 spiro atoms. The van der Waals surface area contributed by atoms with Crippen LogP contribution in [0.5, 0.6) is 0 Å². The fourth-order valence-electron chi connectivity index (χ4n) is 2.80. The highest BCUT2D eigenvalue weighted by Gasteiger charge is 2.15. The minimum Gasteiger partial charge on any atom is -0.357 e. The molecule has 0 aliphatic heterocycles. The highest BCUT2D eigenvalue weighted by Crippen LogP contribution is 2.17. The fraction of sp³-hybridized carbons (Fsp3) is 0.750. The summed E-state index contributed by atoms with van der Waals surface area (Å²) in [5, 5.41) is 13.5. The van der Waals surface area contributed by atoms with Gasteiger partial charge in [0.1, 0.15) is 18.7 Å². The Balaban J connectivity index is 1.72. The number of amides is 1. The van der Waals surface area contributed by atoms with Crippen molar-refractivity contribution >= 4 is 11.9 Å². The van der Waals surface area contributed by atoms with Gasteiger partial charge in [0.2, 0.25) is 5.91 Å². The van der Waals surface area contributed by atoms with E-state index in [1.165, 1.54) is 25.6 Å². The zero-order chi connectivity index (χ0) is 17.2. The van der Waals surface area contributed by atoms with Crippen molar-refractivity contribution in [3.8, 4) is 0 Å². The van der Waals surface area contributed by atoms with Crippen molar-refractivity contribution in [3.63, 3.8) is 0 Å². The number of rotatable bonds is 7. The summed E-state index contributed by atoms with van der Waals surface area (Å²) in [7, 11) is 1.84. The standard InChI is InChI=1S/C16H29N7O/c1-3-17-16(19-11-14-20-12-21-23(14)2)18-10-9-15(24)22-13-7-5-4-6-8-13/h12-13H,3-11H2,1-2H3,(H,22,24)(H2,17,18,19). The molecule has 0 bridgehead atoms. The van der Waals surface area contributed by atoms with Gasteiger partial charge in [-0.3, -0.25) is 9.48 Å². The molecule has 1 saturated carbocycles. The molecule has 24 heavy (non-hydrogen) atoms. The van der Waals surface area contributed by atoms with Crippen LogP contribution in [0.1, 0.15) is 51.3 Å². The van der Waals surface area contributed by atoms with Crippen molar-refractivity contribution in [1.82, 2.24) is 30.7 Å². The summed E-state index contributed by atoms with van der Waals surface area (Å²) in [6.45, 7) is 3.78. The number of aliphatic imine (C=N–C) groups is 1. The molecule has 1 amide bonds. The molecular weight excluding hydrogens is 306 g/mol. The van der Waals surface area contributed by atoms with Gasteiger partial charge in [-0.2, -0.15) is 5.10 Å². The van der Waals surface area contributed by atoms with E-state index in [1.54, 1.807) is 4.68 Å². The molecule has 8 nitrogen and oxygen atoms in total. The first-order valence-corrected chi connectivity index (χ1v) is 8.83. The quantitative estimate of drug-likeness (QED) is 0.504. The molecule has 1 fully saturated rings. The minimum atomic E-state index is 0.110. The van der Waals surface area contributed by atoms with Crippen LogP contribution in [0.25, 0.3) is 0 Å². The number of hydrogen-bond donors (Lipinski definition) is 3. The summed E-state index contributed by atoms with van der Waals surface area (Å²) in [5.74, 6) is 1.59. The van der Waals surface area contributed by atoms with Crippen LogP contribution in [-0.2, 0) is 18.4 Å². The number of hydrogen-bond acceptors (Lipinski definition) is 4. The van der Waals surface area contributed by atoms with E-state index in [0.29, 0.717) is 31.5 Å². The van der Waals surface area contributed by atoms with Gasteiger partial charge in [-0.25, -0.2) is 9.98 Å². The van der Waals surface area contributed by atoms with Gasteiger partial charge in [-0.15, -0.1) is 0 Å². The summed E-state index contributed by atoms with van der Waals surface area (Å²) >= 11 is 0. The Hall–Kier alpha value is -2.12. The SMILES string of the molecule is CCNC(=NCc1ncnn1C)NCCC(=O)NC1CCCCC1. The van der Waals surface area contributed by atoms with Gasteiger partial charge < -0.3 is 16.0 Å². The third-order valence-electron chi connectivity index (χ3n) is 4.14. The molecule has 1 aromatic rings. The van der Waals surface area contributed by atoms with Crippen molar-refractivity contribution < 1.29 is 4.79 Å². The van der Waals surface area contributed by atoms with Gasteiger partial charge in [0, 0.05) is 32.6 Å². The molecule has 1 aliphatic rings. The van der Waals surface area contributed by atoms with Crippen molar-refractivity contribution in [2.24, 2.45) is 12.0 Å². The Morgan fingerprint density at radius 1 is 1.33 bits per heavy atom. The van der Waals surface area contributed by atoms with Crippen molar-refractivity contribution in [1.29, 1.82) is 0 Å². The van der Waals surface area contributed by atoms with Crippen LogP contribution >= 0.6 is 0 Å². The third-order valence-corrected chi connectivity index (χ3v) is 4.14. The highest BCUT2D eigenvalue weighted by molar-refractivity contribution is 5.81. The molecule has 0 unspecified atom stereocenters. The largest absolute Gasteiger partial charge is 0.357 e. The summed E-state index contributed by atoms with van der Waals surface area (Å²) < 4.78 is 1.70. The Kier molecular flexibility index (Phi) is 7.51. The van der Waals surface area contributed by atoms with Crippen LogP contribution in [0.3, 0.4) is 0 Å². The maximum Gasteiger partial charge on any atom is 0.221 e. The number of carbonyl (C=O) groups excluding carboxylic acids is 1. The van der Waals surface area contributed by atoms with E-state index in [4.69, 9.17) is 0 Å². The lowest BCUT2D eigenvalue weighted by atomic mass is 9.95. The normalized spacial score (nSPS) is 16.0. The molecule has 3 N–H and O–H groups in total. The average molecular weight is 335 g/mol. The number of aryl methyl sites for hydroxylation is 1. The highest BCUT2D eigenvalue weighted by atomic mass is 16.1. The Labute approximate surface area is 143 Å². The molecule has 1 aliphatic carbocycles. The second kappa shape index (κ2) is 9.89. The third kappa shape index (κ3) is 6.17. The molecule has 2 rings (SSSR count). The number of aromatic nitrogens is 3. The predicted molar refractivity (Wildman–Crippen MR) is 93.5 cm³/mol. The first-order valence-electron chi connectivity index (χ1n) is 8.83. The van der Waals surface area contributed by atoms with Gasteiger partial charge in [-0.1, -0.05) is 19.3 Å². The molecular formula is C16H29N7O. The topological polar surface area (TPSA) is 96.2 Å². The number of nitrogens with zero attached hydrogens (tertiary/aromatic N) is 4. The summed E-state index contributed by atoms with van der Waals surface area (Å²) in [6.07, 6.45) is 7.93. The lowest BCUT2D eigenvalue weighted by Crippen LogP contribution is -2.41. The van der Waals surface area contributed by atoms with Crippen LogP contribution in [0, 0.1) is 0 Å². The Morgan fingerprint density at radius 2 is 2.12 bits per heavy atom. The molecule has 0 atom stereocenters. The number of nitrogens with one attached hydrogen (secondary N) is 3. The van der Waals surface area contributed by atoms with E-state index < -0.39 is 0 Å². The van der Waals surface area contributed by atoms with E-state index in [-0.39, 0.29) is 5.91 Å². The van der Waals surface area contributed by atoms with Gasteiger partial charge >= 0.3 is 0 Å². The molecule has 134 valence electrons. The van der Waals surface area contributed by atoms with Crippen LogP contribution in [0.2, 0.25) is 0 Å². The lowest BCUT2D eigenvalue weighted by molar-refractivity contribution is -0.121. The predicted octanol–water partition coefficient (Wildman–Crippen LogP) is 0.709. The summed E-state index contributed by atoms with van der Waals surface area (Å²) in [5.41, 5.74) is 0. The van der Waals surface area contributed by atoms with Crippen LogP contribution in [0.15, 0.2) is 11.3 Å². The molecule has 1 aromatic heterocycles. The van der Waals surface area contributed by atoms with E-state index in [0.717, 1.165) is 25.2 Å². The first kappa shape index (κ1) is 18.2. The Bertz CT molecular complexity index is 534. The van der Waals surface area contributed by atoms with E-state index >= 15 is 0 Å². The van der Waals surface area contributed by atoms with Crippen LogP contribution in [0.4, 0.5) is 0 Å². The second-order valence-electron chi connectivity index (χ2n) is 6.07. The smallest absolute Gasteiger partial charge is 0.221 e. The summed E-state index contributed by atoms with van der Waals surface area (Å²) in [6, 6.07) is 0.365. The summed E-state index contributed by atoms with van der Waals surface area (Å²) in [4.78, 5) is 20.6. The maximum atomic E-state index is 12.0. The fourth-order valence-corrected chi connectivity index (χ4v) is 2.80. The van der Waals surface area contributed by atoms with E-state index in [2.05, 4.69) is 31.0 Å². The molecule has 8 heteroatoms. The van der Waals surface area contributed by atoms with Crippen molar-refractivity contribution in [3.05, 3.63) is 12.2 Å². The van der Waals surface area contributed by atoms with Gasteiger partial charge in [0.25, 0.3) is 0 Å². The second-order valence-corrected chi connectivity index (χ2v) is 6.07. The minimum absolute atomic E-state index is 0.110. The number of carbonyl (C=O) groups is 1. The zero-order valence-corrected chi connectivity index (χ0v) is 14.7. The van der Waals surface area contributed by atoms with Crippen molar-refractivity contribution in [2.75, 3.05) is 13.1 Å². The molecule has 0 aromatic carbocycles. The van der Waals surface area contributed by atoms with Crippen LogP contribution < -0.4 is 16.0 Å². The number of guanidine groups is 1. The molecule has 1 heterocycles. The maximum absolute atomic E-state index is 12.0.